The Balaban J connectivity index is 2.46. The van der Waals surface area contributed by atoms with Gasteiger partial charge in [0.15, 0.2) is 11.5 Å². The molecule has 0 unspecified atom stereocenters. The summed E-state index contributed by atoms with van der Waals surface area (Å²) in [6, 6.07) is 5.01. The molecule has 2 aromatic rings. The number of rotatable bonds is 7. The zero-order valence-corrected chi connectivity index (χ0v) is 15.4. The molecule has 1 N–H and O–H groups in total. The van der Waals surface area contributed by atoms with Crippen LogP contribution in [0.25, 0.3) is 0 Å². The quantitative estimate of drug-likeness (QED) is 0.425. The maximum atomic E-state index is 11.7. The van der Waals surface area contributed by atoms with Crippen molar-refractivity contribution >= 4 is 29.2 Å². The number of hydrogen-bond acceptors (Lipinski definition) is 9. The first-order valence-electron chi connectivity index (χ1n) is 7.39. The normalized spacial score (nSPS) is 10.1. The van der Waals surface area contributed by atoms with E-state index >= 15 is 0 Å². The minimum absolute atomic E-state index is 0.0103. The smallest absolute Gasteiger partial charge is 0.425 e. The van der Waals surface area contributed by atoms with Crippen molar-refractivity contribution in [3.8, 4) is 11.5 Å². The minimum atomic E-state index is -0.848. The van der Waals surface area contributed by atoms with Crippen LogP contribution in [0, 0.1) is 10.1 Å². The maximum Gasteiger partial charge on any atom is 0.425 e. The van der Waals surface area contributed by atoms with Gasteiger partial charge in [-0.15, -0.1) is 0 Å². The molecule has 144 valence electrons. The molecule has 1 aromatic carbocycles. The van der Waals surface area contributed by atoms with Gasteiger partial charge < -0.3 is 14.2 Å². The molecule has 12 heteroatoms. The molecule has 1 heterocycles. The summed E-state index contributed by atoms with van der Waals surface area (Å²) >= 11 is 5.77. The second-order valence-electron chi connectivity index (χ2n) is 4.98. The van der Waals surface area contributed by atoms with Crippen LogP contribution in [-0.2, 0) is 11.3 Å². The number of carbonyl (C=O) groups is 1. The molecule has 0 saturated carbocycles. The van der Waals surface area contributed by atoms with Crippen molar-refractivity contribution in [2.24, 2.45) is 0 Å². The number of aromatic nitrogens is 2. The van der Waals surface area contributed by atoms with Crippen LogP contribution in [0.2, 0.25) is 5.28 Å². The van der Waals surface area contributed by atoms with E-state index in [9.17, 15) is 14.9 Å². The summed E-state index contributed by atoms with van der Waals surface area (Å²) in [5.74, 6) is 0.744. The Morgan fingerprint density at radius 2 is 2.00 bits per heavy atom. The molecular formula is C15H16ClN5O6. The molecule has 27 heavy (non-hydrogen) atoms. The molecule has 0 aliphatic heterocycles. The van der Waals surface area contributed by atoms with E-state index in [1.54, 1.807) is 18.2 Å². The van der Waals surface area contributed by atoms with Gasteiger partial charge in [-0.05, 0) is 29.3 Å². The highest BCUT2D eigenvalue weighted by Crippen LogP contribution is 2.30. The van der Waals surface area contributed by atoms with Crippen molar-refractivity contribution in [2.75, 3.05) is 26.3 Å². The van der Waals surface area contributed by atoms with Gasteiger partial charge in [-0.25, -0.2) is 15.2 Å². The minimum Gasteiger partial charge on any atom is -0.493 e. The zero-order chi connectivity index (χ0) is 20.0. The average molecular weight is 398 g/mol. The summed E-state index contributed by atoms with van der Waals surface area (Å²) in [5.41, 5.74) is 2.55. The number of ether oxygens (including phenoxy) is 3. The van der Waals surface area contributed by atoms with Crippen LogP contribution in [-0.4, -0.2) is 42.3 Å². The number of halogens is 1. The third kappa shape index (κ3) is 4.85. The number of nitrogens with zero attached hydrogens (tertiary/aromatic N) is 4. The summed E-state index contributed by atoms with van der Waals surface area (Å²) < 4.78 is 15.0. The Kier molecular flexibility index (Phi) is 6.55. The monoisotopic (exact) mass is 397 g/mol. The molecule has 1 aromatic heterocycles. The van der Waals surface area contributed by atoms with Crippen LogP contribution in [0.15, 0.2) is 24.4 Å². The summed E-state index contributed by atoms with van der Waals surface area (Å²) in [6.45, 7) is -0.0103. The predicted octanol–water partition coefficient (Wildman–Crippen LogP) is 2.33. The van der Waals surface area contributed by atoms with E-state index in [4.69, 9.17) is 21.1 Å². The van der Waals surface area contributed by atoms with Crippen LogP contribution in [0.1, 0.15) is 5.56 Å². The first-order valence-corrected chi connectivity index (χ1v) is 7.77. The number of benzene rings is 1. The van der Waals surface area contributed by atoms with E-state index in [1.807, 2.05) is 0 Å². The van der Waals surface area contributed by atoms with Crippen molar-refractivity contribution < 1.29 is 23.9 Å². The number of amides is 1. The van der Waals surface area contributed by atoms with Crippen molar-refractivity contribution in [1.82, 2.24) is 15.4 Å². The number of hydrogen-bond donors (Lipinski definition) is 1. The second-order valence-corrected chi connectivity index (χ2v) is 5.32. The maximum absolute atomic E-state index is 11.7. The number of methoxy groups -OCH3 is 3. The van der Waals surface area contributed by atoms with Gasteiger partial charge in [0.2, 0.25) is 11.1 Å². The van der Waals surface area contributed by atoms with Gasteiger partial charge in [0.1, 0.15) is 6.20 Å². The third-order valence-corrected chi connectivity index (χ3v) is 3.56. The molecule has 11 nitrogen and oxygen atoms in total. The lowest BCUT2D eigenvalue weighted by Gasteiger charge is -2.23. The summed E-state index contributed by atoms with van der Waals surface area (Å²) in [6.07, 6.45) is 0.102. The fraction of sp³-hybridized carbons (Fsp3) is 0.267. The van der Waals surface area contributed by atoms with Crippen molar-refractivity contribution in [3.63, 3.8) is 0 Å². The first kappa shape index (κ1) is 20.0. The standard InChI is InChI=1S/C15H16ClN5O6/c1-25-11-5-4-9(6-12(11)26-2)8-20(19-15(22)27-3)13-10(21(23)24)7-17-14(16)18-13/h4-7H,8H2,1-3H3,(H,19,22). The highest BCUT2D eigenvalue weighted by molar-refractivity contribution is 6.28. The lowest BCUT2D eigenvalue weighted by molar-refractivity contribution is -0.384. The Labute approximate surface area is 158 Å². The van der Waals surface area contributed by atoms with E-state index in [0.29, 0.717) is 17.1 Å². The van der Waals surface area contributed by atoms with E-state index in [2.05, 4.69) is 20.1 Å². The molecule has 0 aliphatic carbocycles. The van der Waals surface area contributed by atoms with Gasteiger partial charge in [0.25, 0.3) is 0 Å². The molecule has 0 atom stereocenters. The van der Waals surface area contributed by atoms with Crippen LogP contribution >= 0.6 is 11.6 Å². The molecule has 0 fully saturated rings. The lowest BCUT2D eigenvalue weighted by atomic mass is 10.2. The molecule has 0 radical (unpaired) electrons. The molecule has 0 bridgehead atoms. The van der Waals surface area contributed by atoms with E-state index in [0.717, 1.165) is 18.3 Å². The van der Waals surface area contributed by atoms with Gasteiger partial charge in [-0.1, -0.05) is 6.07 Å². The molecule has 0 spiro atoms. The molecule has 0 saturated heterocycles. The summed E-state index contributed by atoms with van der Waals surface area (Å²) in [7, 11) is 4.13. The van der Waals surface area contributed by atoms with Crippen LogP contribution < -0.4 is 19.9 Å². The first-order chi connectivity index (χ1) is 12.9. The van der Waals surface area contributed by atoms with Gasteiger partial charge in [0.05, 0.1) is 32.8 Å². The number of anilines is 1. The second kappa shape index (κ2) is 8.85. The highest BCUT2D eigenvalue weighted by Gasteiger charge is 2.25. The Hall–Kier alpha value is -3.34. The fourth-order valence-electron chi connectivity index (χ4n) is 2.16. The molecule has 1 amide bonds. The van der Waals surface area contributed by atoms with Crippen LogP contribution in [0.4, 0.5) is 16.3 Å². The average Bonchev–Trinajstić information content (AvgIpc) is 2.66. The van der Waals surface area contributed by atoms with Gasteiger partial charge in [-0.3, -0.25) is 15.1 Å². The van der Waals surface area contributed by atoms with Gasteiger partial charge in [0, 0.05) is 0 Å². The van der Waals surface area contributed by atoms with Crippen molar-refractivity contribution in [2.45, 2.75) is 6.54 Å². The van der Waals surface area contributed by atoms with Crippen molar-refractivity contribution in [1.29, 1.82) is 0 Å². The number of nitrogens with one attached hydrogen (secondary N) is 1. The Morgan fingerprint density at radius 1 is 1.30 bits per heavy atom. The molecule has 0 aliphatic rings. The predicted molar refractivity (Wildman–Crippen MR) is 95.0 cm³/mol. The molecular weight excluding hydrogens is 382 g/mol. The summed E-state index contributed by atoms with van der Waals surface area (Å²) in [4.78, 5) is 29.8. The fourth-order valence-corrected chi connectivity index (χ4v) is 2.29. The van der Waals surface area contributed by atoms with E-state index < -0.39 is 16.7 Å². The Bertz CT molecular complexity index is 849. The third-order valence-electron chi connectivity index (χ3n) is 3.37. The lowest BCUT2D eigenvalue weighted by Crippen LogP contribution is -2.42. The van der Waals surface area contributed by atoms with Gasteiger partial charge in [-0.2, -0.15) is 4.98 Å². The van der Waals surface area contributed by atoms with Crippen molar-refractivity contribution in [3.05, 3.63) is 45.4 Å². The largest absolute Gasteiger partial charge is 0.493 e. The van der Waals surface area contributed by atoms with Crippen LogP contribution in [0.3, 0.4) is 0 Å². The van der Waals surface area contributed by atoms with E-state index in [1.165, 1.54) is 14.2 Å². The van der Waals surface area contributed by atoms with Crippen LogP contribution in [0.5, 0.6) is 11.5 Å². The topological polar surface area (TPSA) is 129 Å². The molecule has 2 rings (SSSR count). The SMILES string of the molecule is COC(=O)NN(Cc1ccc(OC)c(OC)c1)c1nc(Cl)ncc1[N+](=O)[O-]. The summed E-state index contributed by atoms with van der Waals surface area (Å²) in [5, 5.41) is 12.2. The highest BCUT2D eigenvalue weighted by atomic mass is 35.5. The zero-order valence-electron chi connectivity index (χ0n) is 14.6. The number of hydrazine groups is 1. The number of carbonyl (C=O) groups excluding carboxylic acids is 1. The van der Waals surface area contributed by atoms with Gasteiger partial charge >= 0.3 is 11.8 Å². The van der Waals surface area contributed by atoms with E-state index in [-0.39, 0.29) is 17.6 Å². The Morgan fingerprint density at radius 3 is 2.59 bits per heavy atom. The number of nitro groups is 1.